The maximum Gasteiger partial charge on any atom is 0.310 e. The first-order valence-electron chi connectivity index (χ1n) is 6.70. The second-order valence-electron chi connectivity index (χ2n) is 4.84. The Bertz CT molecular complexity index is 589. The Balaban J connectivity index is 2.56. The Labute approximate surface area is 123 Å². The molecule has 1 atom stereocenters. The van der Waals surface area contributed by atoms with Crippen molar-refractivity contribution in [2.24, 2.45) is 0 Å². The van der Waals surface area contributed by atoms with Gasteiger partial charge in [-0.1, -0.05) is 6.08 Å². The number of methoxy groups -OCH3 is 2. The van der Waals surface area contributed by atoms with Crippen molar-refractivity contribution in [2.45, 2.75) is 25.9 Å². The highest BCUT2D eigenvalue weighted by Crippen LogP contribution is 2.30. The molecule has 5 heteroatoms. The van der Waals surface area contributed by atoms with Crippen LogP contribution in [0, 0.1) is 0 Å². The van der Waals surface area contributed by atoms with E-state index in [2.05, 4.69) is 0 Å². The number of esters is 1. The molecule has 0 bridgehead atoms. The van der Waals surface area contributed by atoms with Crippen LogP contribution in [0.15, 0.2) is 24.3 Å². The lowest BCUT2D eigenvalue weighted by Crippen LogP contribution is -2.19. The summed E-state index contributed by atoms with van der Waals surface area (Å²) in [4.78, 5) is 24.3. The van der Waals surface area contributed by atoms with E-state index in [1.165, 1.54) is 20.3 Å². The maximum absolute atomic E-state index is 12.4. The highest BCUT2D eigenvalue weighted by atomic mass is 16.5. The first-order valence-corrected chi connectivity index (χ1v) is 6.70. The average molecular weight is 290 g/mol. The first-order chi connectivity index (χ1) is 10.0. The molecule has 0 saturated heterocycles. The number of allylic oxidation sites excluding steroid dienone is 1. The standard InChI is InChI=1S/C16H18O5/c1-10-5-4-6-13(17)16-11(8-15(18)21-10)7-12(19-2)9-14(16)20-3/h4,6-7,9-10H,5,8H2,1-3H3/b6-4+/t10-/m0/s1. The Morgan fingerprint density at radius 1 is 1.19 bits per heavy atom. The van der Waals surface area contributed by atoms with Gasteiger partial charge in [-0.05, 0) is 24.6 Å². The number of cyclic esters (lactones) is 1. The number of hydrogen-bond acceptors (Lipinski definition) is 5. The molecule has 0 spiro atoms. The van der Waals surface area contributed by atoms with Gasteiger partial charge >= 0.3 is 5.97 Å². The van der Waals surface area contributed by atoms with Crippen LogP contribution in [0.3, 0.4) is 0 Å². The lowest BCUT2D eigenvalue weighted by Gasteiger charge is -2.17. The van der Waals surface area contributed by atoms with E-state index in [1.54, 1.807) is 25.1 Å². The van der Waals surface area contributed by atoms with Gasteiger partial charge in [0.2, 0.25) is 0 Å². The maximum atomic E-state index is 12.4. The molecule has 0 radical (unpaired) electrons. The van der Waals surface area contributed by atoms with E-state index < -0.39 is 0 Å². The molecule has 0 aliphatic carbocycles. The Hall–Kier alpha value is -2.30. The first kappa shape index (κ1) is 15.1. The Kier molecular flexibility index (Phi) is 4.62. The summed E-state index contributed by atoms with van der Waals surface area (Å²) in [5.74, 6) is 0.356. The largest absolute Gasteiger partial charge is 0.497 e. The molecule has 1 aromatic rings. The van der Waals surface area contributed by atoms with Gasteiger partial charge in [-0.3, -0.25) is 9.59 Å². The summed E-state index contributed by atoms with van der Waals surface area (Å²) in [5.41, 5.74) is 0.918. The van der Waals surface area contributed by atoms with Crippen molar-refractivity contribution in [2.75, 3.05) is 14.2 Å². The van der Waals surface area contributed by atoms with Gasteiger partial charge in [0.15, 0.2) is 5.78 Å². The summed E-state index contributed by atoms with van der Waals surface area (Å²) in [5, 5.41) is 0. The molecule has 0 aromatic heterocycles. The molecule has 1 aliphatic rings. The van der Waals surface area contributed by atoms with Crippen LogP contribution in [0.2, 0.25) is 0 Å². The highest BCUT2D eigenvalue weighted by Gasteiger charge is 2.22. The molecular formula is C16H18O5. The van der Waals surface area contributed by atoms with Gasteiger partial charge in [-0.2, -0.15) is 0 Å². The lowest BCUT2D eigenvalue weighted by molar-refractivity contribution is -0.147. The van der Waals surface area contributed by atoms with Gasteiger partial charge in [0.25, 0.3) is 0 Å². The monoisotopic (exact) mass is 290 g/mol. The van der Waals surface area contributed by atoms with Crippen molar-refractivity contribution in [3.8, 4) is 11.5 Å². The topological polar surface area (TPSA) is 61.8 Å². The lowest BCUT2D eigenvalue weighted by atomic mass is 9.98. The zero-order chi connectivity index (χ0) is 15.4. The highest BCUT2D eigenvalue weighted by molar-refractivity contribution is 6.08. The fourth-order valence-corrected chi connectivity index (χ4v) is 2.26. The normalized spacial score (nSPS) is 20.2. The van der Waals surface area contributed by atoms with E-state index in [-0.39, 0.29) is 24.3 Å². The van der Waals surface area contributed by atoms with Gasteiger partial charge < -0.3 is 14.2 Å². The minimum absolute atomic E-state index is 0.00676. The molecule has 112 valence electrons. The van der Waals surface area contributed by atoms with Crippen molar-refractivity contribution in [1.29, 1.82) is 0 Å². The fourth-order valence-electron chi connectivity index (χ4n) is 2.26. The van der Waals surface area contributed by atoms with Gasteiger partial charge in [-0.25, -0.2) is 0 Å². The predicted molar refractivity (Wildman–Crippen MR) is 76.9 cm³/mol. The van der Waals surface area contributed by atoms with Gasteiger partial charge in [-0.15, -0.1) is 0 Å². The number of hydrogen-bond donors (Lipinski definition) is 0. The molecule has 1 aromatic carbocycles. The van der Waals surface area contributed by atoms with Crippen molar-refractivity contribution in [3.05, 3.63) is 35.4 Å². The van der Waals surface area contributed by atoms with E-state index in [1.807, 2.05) is 0 Å². The summed E-state index contributed by atoms with van der Waals surface area (Å²) >= 11 is 0. The third-order valence-corrected chi connectivity index (χ3v) is 3.26. The fraction of sp³-hybridized carbons (Fsp3) is 0.375. The number of carbonyl (C=O) groups is 2. The Morgan fingerprint density at radius 2 is 1.95 bits per heavy atom. The van der Waals surface area contributed by atoms with Crippen LogP contribution in [-0.2, 0) is 16.0 Å². The van der Waals surface area contributed by atoms with E-state index >= 15 is 0 Å². The number of carbonyl (C=O) groups excluding carboxylic acids is 2. The van der Waals surface area contributed by atoms with Crippen LogP contribution in [-0.4, -0.2) is 32.1 Å². The summed E-state index contributed by atoms with van der Waals surface area (Å²) in [6.07, 6.45) is 3.45. The third kappa shape index (κ3) is 3.42. The van der Waals surface area contributed by atoms with Crippen molar-refractivity contribution >= 4 is 11.8 Å². The van der Waals surface area contributed by atoms with Crippen LogP contribution < -0.4 is 9.47 Å². The second-order valence-corrected chi connectivity index (χ2v) is 4.84. The summed E-state index contributed by atoms with van der Waals surface area (Å²) < 4.78 is 15.7. The van der Waals surface area contributed by atoms with E-state index in [9.17, 15) is 9.59 Å². The van der Waals surface area contributed by atoms with E-state index in [4.69, 9.17) is 14.2 Å². The van der Waals surface area contributed by atoms with Crippen LogP contribution in [0.25, 0.3) is 0 Å². The summed E-state index contributed by atoms with van der Waals surface area (Å²) in [7, 11) is 2.99. The predicted octanol–water partition coefficient (Wildman–Crippen LogP) is 2.32. The summed E-state index contributed by atoms with van der Waals surface area (Å²) in [6.45, 7) is 1.79. The third-order valence-electron chi connectivity index (χ3n) is 3.26. The average Bonchev–Trinajstić information content (AvgIpc) is 2.45. The Morgan fingerprint density at radius 3 is 2.62 bits per heavy atom. The van der Waals surface area contributed by atoms with Crippen LogP contribution in [0.4, 0.5) is 0 Å². The molecule has 0 N–H and O–H groups in total. The number of ether oxygens (including phenoxy) is 3. The molecule has 1 aliphatic heterocycles. The molecule has 1 heterocycles. The number of ketones is 1. The van der Waals surface area contributed by atoms with Crippen LogP contribution >= 0.6 is 0 Å². The minimum atomic E-state index is -0.373. The number of benzene rings is 1. The summed E-state index contributed by atoms with van der Waals surface area (Å²) in [6, 6.07) is 3.29. The van der Waals surface area contributed by atoms with Gasteiger partial charge in [0, 0.05) is 12.5 Å². The van der Waals surface area contributed by atoms with E-state index in [0.29, 0.717) is 29.0 Å². The van der Waals surface area contributed by atoms with Crippen molar-refractivity contribution in [1.82, 2.24) is 0 Å². The minimum Gasteiger partial charge on any atom is -0.497 e. The van der Waals surface area contributed by atoms with Crippen molar-refractivity contribution in [3.63, 3.8) is 0 Å². The van der Waals surface area contributed by atoms with Gasteiger partial charge in [0.05, 0.1) is 26.2 Å². The zero-order valence-corrected chi connectivity index (χ0v) is 12.3. The molecule has 21 heavy (non-hydrogen) atoms. The molecule has 0 amide bonds. The van der Waals surface area contributed by atoms with Crippen LogP contribution in [0.1, 0.15) is 29.3 Å². The molecule has 0 unspecified atom stereocenters. The van der Waals surface area contributed by atoms with Gasteiger partial charge in [0.1, 0.15) is 17.6 Å². The number of fused-ring (bicyclic) bond motifs is 1. The molecule has 5 nitrogen and oxygen atoms in total. The second kappa shape index (κ2) is 6.43. The molecule has 2 rings (SSSR count). The molecular weight excluding hydrogens is 272 g/mol. The molecule has 0 saturated carbocycles. The number of rotatable bonds is 2. The quantitative estimate of drug-likeness (QED) is 0.782. The molecule has 0 fully saturated rings. The zero-order valence-electron chi connectivity index (χ0n) is 12.3. The van der Waals surface area contributed by atoms with Crippen molar-refractivity contribution < 1.29 is 23.8 Å². The smallest absolute Gasteiger partial charge is 0.310 e. The van der Waals surface area contributed by atoms with E-state index in [0.717, 1.165) is 0 Å². The van der Waals surface area contributed by atoms with Crippen LogP contribution in [0.5, 0.6) is 11.5 Å². The SMILES string of the molecule is COc1cc2c(c(OC)c1)C(=O)/C=C/C[C@H](C)OC(=O)C2.